The van der Waals surface area contributed by atoms with E-state index in [-0.39, 0.29) is 6.04 Å². The van der Waals surface area contributed by atoms with Crippen molar-refractivity contribution in [2.75, 3.05) is 0 Å². The van der Waals surface area contributed by atoms with Crippen molar-refractivity contribution in [2.24, 2.45) is 5.73 Å². The van der Waals surface area contributed by atoms with E-state index in [4.69, 9.17) is 5.73 Å². The molecule has 1 unspecified atom stereocenters. The minimum Gasteiger partial charge on any atom is -0.322 e. The van der Waals surface area contributed by atoms with Gasteiger partial charge in [0.2, 0.25) is 0 Å². The Balaban J connectivity index is 2.34. The molecule has 0 radical (unpaired) electrons. The summed E-state index contributed by atoms with van der Waals surface area (Å²) >= 11 is 0. The zero-order chi connectivity index (χ0) is 9.97. The van der Waals surface area contributed by atoms with Crippen molar-refractivity contribution in [3.8, 4) is 11.5 Å². The Morgan fingerprint density at radius 1 is 1.50 bits per heavy atom. The Bertz CT molecular complexity index is 407. The lowest BCUT2D eigenvalue weighted by Crippen LogP contribution is -2.06. The zero-order valence-electron chi connectivity index (χ0n) is 7.68. The number of aromatic nitrogens is 5. The van der Waals surface area contributed by atoms with Crippen molar-refractivity contribution in [1.82, 2.24) is 25.1 Å². The third kappa shape index (κ3) is 1.60. The molecular formula is C8H10N6. The maximum atomic E-state index is 5.64. The van der Waals surface area contributed by atoms with Crippen molar-refractivity contribution < 1.29 is 0 Å². The van der Waals surface area contributed by atoms with Crippen LogP contribution in [-0.4, -0.2) is 25.1 Å². The molecule has 6 heteroatoms. The predicted molar refractivity (Wildman–Crippen MR) is 50.0 cm³/mol. The fourth-order valence-electron chi connectivity index (χ4n) is 1.02. The van der Waals surface area contributed by atoms with E-state index in [0.29, 0.717) is 17.3 Å². The molecule has 6 nitrogen and oxygen atoms in total. The second-order valence-corrected chi connectivity index (χ2v) is 2.93. The van der Waals surface area contributed by atoms with Gasteiger partial charge in [-0.2, -0.15) is 5.10 Å². The molecule has 0 bridgehead atoms. The van der Waals surface area contributed by atoms with Gasteiger partial charge in [0.05, 0.1) is 6.04 Å². The van der Waals surface area contributed by atoms with Crippen LogP contribution in [0.3, 0.4) is 0 Å². The summed E-state index contributed by atoms with van der Waals surface area (Å²) in [6.07, 6.45) is 3.10. The van der Waals surface area contributed by atoms with E-state index in [1.807, 2.05) is 6.92 Å². The lowest BCUT2D eigenvalue weighted by Gasteiger charge is -1.95. The van der Waals surface area contributed by atoms with E-state index in [2.05, 4.69) is 25.1 Å². The Morgan fingerprint density at radius 3 is 2.93 bits per heavy atom. The number of nitrogens with one attached hydrogen (secondary N) is 1. The minimum absolute atomic E-state index is 0.155. The Morgan fingerprint density at radius 2 is 2.36 bits per heavy atom. The normalized spacial score (nSPS) is 12.7. The van der Waals surface area contributed by atoms with Gasteiger partial charge in [0.15, 0.2) is 5.82 Å². The third-order valence-corrected chi connectivity index (χ3v) is 1.75. The monoisotopic (exact) mass is 190 g/mol. The van der Waals surface area contributed by atoms with Gasteiger partial charge in [-0.25, -0.2) is 15.0 Å². The summed E-state index contributed by atoms with van der Waals surface area (Å²) < 4.78 is 0. The van der Waals surface area contributed by atoms with Gasteiger partial charge in [-0.1, -0.05) is 0 Å². The molecule has 0 aromatic carbocycles. The first kappa shape index (κ1) is 8.76. The van der Waals surface area contributed by atoms with Gasteiger partial charge in [-0.05, 0) is 13.0 Å². The number of H-pyrrole nitrogens is 1. The predicted octanol–water partition coefficient (Wildman–Crippen LogP) is 0.281. The molecule has 2 heterocycles. The number of nitrogens with zero attached hydrogens (tertiary/aromatic N) is 4. The highest BCUT2D eigenvalue weighted by Gasteiger charge is 2.08. The lowest BCUT2D eigenvalue weighted by atomic mass is 10.3. The van der Waals surface area contributed by atoms with Crippen molar-refractivity contribution in [2.45, 2.75) is 13.0 Å². The SMILES string of the molecule is CC(N)c1nc(-c2ccncn2)n[nH]1. The van der Waals surface area contributed by atoms with Gasteiger partial charge in [0.1, 0.15) is 17.8 Å². The third-order valence-electron chi connectivity index (χ3n) is 1.75. The average Bonchev–Trinajstić information content (AvgIpc) is 2.68. The van der Waals surface area contributed by atoms with Crippen LogP contribution in [0.25, 0.3) is 11.5 Å². The van der Waals surface area contributed by atoms with E-state index in [1.54, 1.807) is 12.3 Å². The standard InChI is InChI=1S/C8H10N6/c1-5(9)7-12-8(14-13-7)6-2-3-10-4-11-6/h2-5H,9H2,1H3,(H,12,13,14). The van der Waals surface area contributed by atoms with E-state index < -0.39 is 0 Å². The molecule has 3 N–H and O–H groups in total. The first-order valence-electron chi connectivity index (χ1n) is 4.21. The van der Waals surface area contributed by atoms with Crippen LogP contribution < -0.4 is 5.73 Å². The van der Waals surface area contributed by atoms with Crippen LogP contribution in [-0.2, 0) is 0 Å². The highest BCUT2D eigenvalue weighted by molar-refractivity contribution is 5.46. The van der Waals surface area contributed by atoms with Gasteiger partial charge in [0, 0.05) is 6.20 Å². The Kier molecular flexibility index (Phi) is 2.19. The van der Waals surface area contributed by atoms with E-state index in [1.165, 1.54) is 6.33 Å². The van der Waals surface area contributed by atoms with Crippen molar-refractivity contribution in [1.29, 1.82) is 0 Å². The molecular weight excluding hydrogens is 180 g/mol. The number of rotatable bonds is 2. The van der Waals surface area contributed by atoms with Crippen molar-refractivity contribution in [3.05, 3.63) is 24.4 Å². The Labute approximate surface area is 80.6 Å². The molecule has 2 rings (SSSR count). The summed E-state index contributed by atoms with van der Waals surface area (Å²) in [6, 6.07) is 1.59. The molecule has 0 aliphatic rings. The number of hydrogen-bond acceptors (Lipinski definition) is 5. The van der Waals surface area contributed by atoms with Crippen LogP contribution in [0.2, 0.25) is 0 Å². The van der Waals surface area contributed by atoms with E-state index in [0.717, 1.165) is 0 Å². The highest BCUT2D eigenvalue weighted by Crippen LogP contribution is 2.11. The summed E-state index contributed by atoms with van der Waals surface area (Å²) in [5, 5.41) is 6.76. The summed E-state index contributed by atoms with van der Waals surface area (Å²) in [5.74, 6) is 1.19. The molecule has 1 atom stereocenters. The number of aromatic amines is 1. The molecule has 0 saturated heterocycles. The Hall–Kier alpha value is -1.82. The fraction of sp³-hybridized carbons (Fsp3) is 0.250. The van der Waals surface area contributed by atoms with Gasteiger partial charge in [-0.3, -0.25) is 5.10 Å². The summed E-state index contributed by atoms with van der Waals surface area (Å²) in [6.45, 7) is 1.84. The van der Waals surface area contributed by atoms with Crippen molar-refractivity contribution >= 4 is 0 Å². The second kappa shape index (κ2) is 3.51. The first-order chi connectivity index (χ1) is 6.77. The van der Waals surface area contributed by atoms with Crippen LogP contribution in [0.4, 0.5) is 0 Å². The van der Waals surface area contributed by atoms with Crippen LogP contribution in [0.5, 0.6) is 0 Å². The number of hydrogen-bond donors (Lipinski definition) is 2. The molecule has 2 aromatic heterocycles. The van der Waals surface area contributed by atoms with Gasteiger partial charge >= 0.3 is 0 Å². The fourth-order valence-corrected chi connectivity index (χ4v) is 1.02. The lowest BCUT2D eigenvalue weighted by molar-refractivity contribution is 0.745. The smallest absolute Gasteiger partial charge is 0.199 e. The summed E-state index contributed by atoms with van der Waals surface area (Å²) in [7, 11) is 0. The quantitative estimate of drug-likeness (QED) is 0.709. The minimum atomic E-state index is -0.155. The largest absolute Gasteiger partial charge is 0.322 e. The van der Waals surface area contributed by atoms with E-state index >= 15 is 0 Å². The molecule has 0 amide bonds. The van der Waals surface area contributed by atoms with E-state index in [9.17, 15) is 0 Å². The average molecular weight is 190 g/mol. The maximum absolute atomic E-state index is 5.64. The maximum Gasteiger partial charge on any atom is 0.199 e. The molecule has 14 heavy (non-hydrogen) atoms. The zero-order valence-corrected chi connectivity index (χ0v) is 7.68. The molecule has 0 spiro atoms. The topological polar surface area (TPSA) is 93.4 Å². The molecule has 0 saturated carbocycles. The second-order valence-electron chi connectivity index (χ2n) is 2.93. The van der Waals surface area contributed by atoms with Gasteiger partial charge in [-0.15, -0.1) is 0 Å². The molecule has 0 aliphatic carbocycles. The van der Waals surface area contributed by atoms with Crippen LogP contribution in [0.1, 0.15) is 18.8 Å². The van der Waals surface area contributed by atoms with Crippen LogP contribution >= 0.6 is 0 Å². The summed E-state index contributed by atoms with van der Waals surface area (Å²) in [5.41, 5.74) is 6.32. The molecule has 0 aliphatic heterocycles. The first-order valence-corrected chi connectivity index (χ1v) is 4.21. The molecule has 2 aromatic rings. The molecule has 0 fully saturated rings. The molecule has 72 valence electrons. The summed E-state index contributed by atoms with van der Waals surface area (Å²) in [4.78, 5) is 12.0. The van der Waals surface area contributed by atoms with Gasteiger partial charge < -0.3 is 5.73 Å². The van der Waals surface area contributed by atoms with Gasteiger partial charge in [0.25, 0.3) is 0 Å². The highest BCUT2D eigenvalue weighted by atomic mass is 15.2. The van der Waals surface area contributed by atoms with Crippen LogP contribution in [0.15, 0.2) is 18.6 Å². The van der Waals surface area contributed by atoms with Crippen molar-refractivity contribution in [3.63, 3.8) is 0 Å². The number of nitrogens with two attached hydrogens (primary N) is 1. The van der Waals surface area contributed by atoms with Crippen LogP contribution in [0, 0.1) is 0 Å².